The Morgan fingerprint density at radius 2 is 2.00 bits per heavy atom. The van der Waals surface area contributed by atoms with Crippen LogP contribution in [0.3, 0.4) is 0 Å². The number of carbonyl (C=O) groups is 1. The van der Waals surface area contributed by atoms with E-state index in [0.29, 0.717) is 33.4 Å². The molecule has 2 aromatic carbocycles. The molecule has 138 valence electrons. The number of hydrogen-bond donors (Lipinski definition) is 2. The third-order valence-electron chi connectivity index (χ3n) is 3.98. The van der Waals surface area contributed by atoms with Gasteiger partial charge in [0.15, 0.2) is 0 Å². The number of aliphatic hydroxyl groups is 1. The van der Waals surface area contributed by atoms with Crippen molar-refractivity contribution in [2.24, 2.45) is 0 Å². The highest BCUT2D eigenvalue weighted by Crippen LogP contribution is 2.30. The number of halogens is 1. The third-order valence-corrected chi connectivity index (χ3v) is 4.31. The van der Waals surface area contributed by atoms with E-state index in [1.807, 2.05) is 0 Å². The minimum atomic E-state index is -0.532. The first-order valence-corrected chi connectivity index (χ1v) is 8.32. The van der Waals surface area contributed by atoms with Crippen LogP contribution in [-0.4, -0.2) is 15.9 Å². The lowest BCUT2D eigenvalue weighted by atomic mass is 10.1. The number of rotatable bonds is 5. The first kappa shape index (κ1) is 18.6. The van der Waals surface area contributed by atoms with Crippen molar-refractivity contribution in [3.05, 3.63) is 80.6 Å². The minimum Gasteiger partial charge on any atom is -0.459 e. The molecule has 0 radical (unpaired) electrons. The van der Waals surface area contributed by atoms with Gasteiger partial charge < -0.3 is 14.8 Å². The number of anilines is 1. The Labute approximate surface area is 159 Å². The van der Waals surface area contributed by atoms with Gasteiger partial charge in [0.1, 0.15) is 18.1 Å². The molecule has 0 aliphatic carbocycles. The molecule has 1 aromatic heterocycles. The van der Waals surface area contributed by atoms with Gasteiger partial charge in [-0.2, -0.15) is 0 Å². The summed E-state index contributed by atoms with van der Waals surface area (Å²) in [7, 11) is 0. The lowest BCUT2D eigenvalue weighted by Crippen LogP contribution is -2.12. The van der Waals surface area contributed by atoms with Gasteiger partial charge in [0, 0.05) is 22.8 Å². The second-order valence-electron chi connectivity index (χ2n) is 5.83. The molecule has 1 heterocycles. The molecule has 0 aliphatic rings. The smallest absolute Gasteiger partial charge is 0.273 e. The van der Waals surface area contributed by atoms with Crippen LogP contribution in [0.2, 0.25) is 5.02 Å². The number of benzene rings is 2. The fourth-order valence-electron chi connectivity index (χ4n) is 2.53. The molecule has 0 bridgehead atoms. The van der Waals surface area contributed by atoms with E-state index in [9.17, 15) is 14.9 Å². The average molecular weight is 387 g/mol. The maximum atomic E-state index is 12.5. The standard InChI is InChI=1S/C19H15ClN2O5/c1-11-2-3-13(9-17(11)22(25)26)19(24)21-16-8-12(4-6-15(16)20)18-7-5-14(10-23)27-18/h2-9,23H,10H2,1H3,(H,21,24). The van der Waals surface area contributed by atoms with Gasteiger partial charge >= 0.3 is 0 Å². The first-order chi connectivity index (χ1) is 12.9. The predicted molar refractivity (Wildman–Crippen MR) is 101 cm³/mol. The molecule has 0 saturated heterocycles. The van der Waals surface area contributed by atoms with Crippen molar-refractivity contribution >= 4 is 28.9 Å². The van der Waals surface area contributed by atoms with Crippen molar-refractivity contribution < 1.29 is 19.2 Å². The van der Waals surface area contributed by atoms with E-state index < -0.39 is 10.8 Å². The Hall–Kier alpha value is -3.16. The van der Waals surface area contributed by atoms with Crippen LogP contribution < -0.4 is 5.32 Å². The summed E-state index contributed by atoms with van der Waals surface area (Å²) in [6.45, 7) is 1.38. The van der Waals surface area contributed by atoms with Crippen LogP contribution in [0.5, 0.6) is 0 Å². The number of nitrogens with one attached hydrogen (secondary N) is 1. The van der Waals surface area contributed by atoms with Gasteiger partial charge in [-0.25, -0.2) is 0 Å². The van der Waals surface area contributed by atoms with Crippen LogP contribution >= 0.6 is 11.6 Å². The summed E-state index contributed by atoms with van der Waals surface area (Å²) in [6.07, 6.45) is 0. The molecule has 8 heteroatoms. The fourth-order valence-corrected chi connectivity index (χ4v) is 2.70. The van der Waals surface area contributed by atoms with Crippen LogP contribution in [-0.2, 0) is 6.61 Å². The maximum absolute atomic E-state index is 12.5. The lowest BCUT2D eigenvalue weighted by molar-refractivity contribution is -0.385. The number of aliphatic hydroxyl groups excluding tert-OH is 1. The minimum absolute atomic E-state index is 0.130. The van der Waals surface area contributed by atoms with Crippen LogP contribution in [0.25, 0.3) is 11.3 Å². The number of hydrogen-bond acceptors (Lipinski definition) is 5. The summed E-state index contributed by atoms with van der Waals surface area (Å²) in [5, 5.41) is 23.1. The summed E-state index contributed by atoms with van der Waals surface area (Å²) in [4.78, 5) is 23.0. The van der Waals surface area contributed by atoms with Crippen LogP contribution in [0.15, 0.2) is 52.9 Å². The van der Waals surface area contributed by atoms with Crippen LogP contribution in [0.1, 0.15) is 21.7 Å². The Bertz CT molecular complexity index is 1030. The summed E-state index contributed by atoms with van der Waals surface area (Å²) in [5.74, 6) is 0.405. The lowest BCUT2D eigenvalue weighted by Gasteiger charge is -2.09. The zero-order valence-corrected chi connectivity index (χ0v) is 15.0. The average Bonchev–Trinajstić information content (AvgIpc) is 3.12. The number of nitro groups is 1. The summed E-state index contributed by atoms with van der Waals surface area (Å²) >= 11 is 6.16. The van der Waals surface area contributed by atoms with Crippen molar-refractivity contribution in [2.75, 3.05) is 5.32 Å². The monoisotopic (exact) mass is 386 g/mol. The van der Waals surface area contributed by atoms with E-state index in [0.717, 1.165) is 0 Å². The Balaban J connectivity index is 1.89. The summed E-state index contributed by atoms with van der Waals surface area (Å²) in [6, 6.07) is 12.5. The predicted octanol–water partition coefficient (Wildman–Crippen LogP) is 4.56. The largest absolute Gasteiger partial charge is 0.459 e. The normalized spacial score (nSPS) is 10.6. The third kappa shape index (κ3) is 3.99. The second-order valence-corrected chi connectivity index (χ2v) is 6.24. The topological polar surface area (TPSA) is 106 Å². The van der Waals surface area contributed by atoms with E-state index >= 15 is 0 Å². The van der Waals surface area contributed by atoms with E-state index in [1.165, 1.54) is 18.2 Å². The summed E-state index contributed by atoms with van der Waals surface area (Å²) < 4.78 is 5.48. The Morgan fingerprint density at radius 3 is 2.67 bits per heavy atom. The zero-order valence-electron chi connectivity index (χ0n) is 14.2. The van der Waals surface area contributed by atoms with Gasteiger partial charge in [-0.15, -0.1) is 0 Å². The van der Waals surface area contributed by atoms with Crippen molar-refractivity contribution in [2.45, 2.75) is 13.5 Å². The van der Waals surface area contributed by atoms with Gasteiger partial charge in [0.25, 0.3) is 11.6 Å². The highest BCUT2D eigenvalue weighted by molar-refractivity contribution is 6.34. The van der Waals surface area contributed by atoms with E-state index in [4.69, 9.17) is 21.1 Å². The molecule has 27 heavy (non-hydrogen) atoms. The van der Waals surface area contributed by atoms with Gasteiger partial charge in [-0.3, -0.25) is 14.9 Å². The molecular weight excluding hydrogens is 372 g/mol. The second kappa shape index (κ2) is 7.61. The molecule has 0 atom stereocenters. The van der Waals surface area contributed by atoms with E-state index in [1.54, 1.807) is 37.3 Å². The van der Waals surface area contributed by atoms with E-state index in [2.05, 4.69) is 5.32 Å². The van der Waals surface area contributed by atoms with Crippen molar-refractivity contribution in [3.63, 3.8) is 0 Å². The molecule has 3 rings (SSSR count). The SMILES string of the molecule is Cc1ccc(C(=O)Nc2cc(-c3ccc(CO)o3)ccc2Cl)cc1[N+](=O)[O-]. The highest BCUT2D eigenvalue weighted by atomic mass is 35.5. The van der Waals surface area contributed by atoms with E-state index in [-0.39, 0.29) is 17.9 Å². The van der Waals surface area contributed by atoms with Crippen LogP contribution in [0, 0.1) is 17.0 Å². The molecule has 0 fully saturated rings. The Kier molecular flexibility index (Phi) is 5.25. The molecule has 1 amide bonds. The molecular formula is C19H15ClN2O5. The Morgan fingerprint density at radius 1 is 1.22 bits per heavy atom. The number of furan rings is 1. The number of amides is 1. The molecule has 0 aliphatic heterocycles. The fraction of sp³-hybridized carbons (Fsp3) is 0.105. The number of nitro benzene ring substituents is 1. The molecule has 3 aromatic rings. The van der Waals surface area contributed by atoms with Gasteiger partial charge in [0.05, 0.1) is 15.6 Å². The zero-order chi connectivity index (χ0) is 19.6. The number of carbonyl (C=O) groups excluding carboxylic acids is 1. The van der Waals surface area contributed by atoms with Crippen LogP contribution in [0.4, 0.5) is 11.4 Å². The van der Waals surface area contributed by atoms with Crippen molar-refractivity contribution in [1.82, 2.24) is 0 Å². The molecule has 2 N–H and O–H groups in total. The van der Waals surface area contributed by atoms with Gasteiger partial charge in [-0.05, 0) is 43.3 Å². The van der Waals surface area contributed by atoms with Crippen molar-refractivity contribution in [3.8, 4) is 11.3 Å². The first-order valence-electron chi connectivity index (χ1n) is 7.95. The molecule has 0 unspecified atom stereocenters. The number of nitrogens with zero attached hydrogens (tertiary/aromatic N) is 1. The maximum Gasteiger partial charge on any atom is 0.273 e. The van der Waals surface area contributed by atoms with Gasteiger partial charge in [0.2, 0.25) is 0 Å². The quantitative estimate of drug-likeness (QED) is 0.493. The molecule has 7 nitrogen and oxygen atoms in total. The number of aryl methyl sites for hydroxylation is 1. The van der Waals surface area contributed by atoms with Crippen molar-refractivity contribution in [1.29, 1.82) is 0 Å². The van der Waals surface area contributed by atoms with Gasteiger partial charge in [-0.1, -0.05) is 17.7 Å². The molecule has 0 spiro atoms. The molecule has 0 saturated carbocycles. The summed E-state index contributed by atoms with van der Waals surface area (Å²) in [5.41, 5.74) is 1.48. The highest BCUT2D eigenvalue weighted by Gasteiger charge is 2.16.